The van der Waals surface area contributed by atoms with Crippen molar-refractivity contribution in [3.63, 3.8) is 0 Å². The molecule has 31 heavy (non-hydrogen) atoms. The van der Waals surface area contributed by atoms with Crippen LogP contribution in [0.3, 0.4) is 0 Å². The van der Waals surface area contributed by atoms with Gasteiger partial charge in [0.2, 0.25) is 5.95 Å². The minimum absolute atomic E-state index is 0.0577. The fourth-order valence-corrected chi connectivity index (χ4v) is 2.85. The molecule has 0 atom stereocenters. The van der Waals surface area contributed by atoms with Crippen LogP contribution in [0.25, 0.3) is 11.1 Å². The van der Waals surface area contributed by atoms with E-state index in [-0.39, 0.29) is 12.0 Å². The number of benzene rings is 1. The number of hydrogen-bond acceptors (Lipinski definition) is 5. The molecule has 3 rings (SSSR count). The lowest BCUT2D eigenvalue weighted by atomic mass is 10.1. The van der Waals surface area contributed by atoms with Gasteiger partial charge in [-0.3, -0.25) is 4.68 Å². The Kier molecular flexibility index (Phi) is 6.09. The Morgan fingerprint density at radius 3 is 2.16 bits per heavy atom. The van der Waals surface area contributed by atoms with Gasteiger partial charge in [-0.25, -0.2) is 4.98 Å². The molecule has 166 valence electrons. The van der Waals surface area contributed by atoms with Gasteiger partial charge in [0.15, 0.2) is 0 Å². The van der Waals surface area contributed by atoms with Gasteiger partial charge in [0, 0.05) is 42.8 Å². The van der Waals surface area contributed by atoms with Gasteiger partial charge in [-0.15, -0.1) is 0 Å². The molecule has 0 amide bonds. The van der Waals surface area contributed by atoms with E-state index in [0.29, 0.717) is 35.6 Å². The average molecular weight is 444 g/mol. The normalized spacial score (nSPS) is 12.1. The number of halogens is 6. The van der Waals surface area contributed by atoms with Gasteiger partial charge >= 0.3 is 12.4 Å². The van der Waals surface area contributed by atoms with E-state index in [2.05, 4.69) is 25.7 Å². The Balaban J connectivity index is 1.95. The number of hydrogen-bond donors (Lipinski definition) is 2. The standard InChI is InChI=1S/C19H18F6N6/c1-3-4-31-10-11(8-28-31)15-9-27-17(30-16(15)26-2)29-14-6-12(18(20,21)22)5-13(7-14)19(23,24)25/h5-10H,3-4H2,1-2H3,(H2,26,27,29,30). The van der Waals surface area contributed by atoms with E-state index in [1.54, 1.807) is 24.1 Å². The first-order valence-corrected chi connectivity index (χ1v) is 9.15. The molecule has 0 saturated heterocycles. The second-order valence-electron chi connectivity index (χ2n) is 6.62. The smallest absolute Gasteiger partial charge is 0.372 e. The zero-order valence-corrected chi connectivity index (χ0v) is 16.4. The van der Waals surface area contributed by atoms with Crippen molar-refractivity contribution in [2.75, 3.05) is 17.7 Å². The van der Waals surface area contributed by atoms with Crippen molar-refractivity contribution >= 4 is 17.5 Å². The number of anilines is 3. The van der Waals surface area contributed by atoms with Crippen molar-refractivity contribution in [2.24, 2.45) is 0 Å². The zero-order chi connectivity index (χ0) is 22.8. The van der Waals surface area contributed by atoms with Crippen LogP contribution >= 0.6 is 0 Å². The van der Waals surface area contributed by atoms with E-state index in [0.717, 1.165) is 6.42 Å². The monoisotopic (exact) mass is 444 g/mol. The molecule has 0 spiro atoms. The SMILES string of the molecule is CCCn1cc(-c2cnc(Nc3cc(C(F)(F)F)cc(C(F)(F)F)c3)nc2NC)cn1. The molecular weight excluding hydrogens is 426 g/mol. The second kappa shape index (κ2) is 8.44. The first kappa shape index (κ1) is 22.4. The lowest BCUT2D eigenvalue weighted by molar-refractivity contribution is -0.143. The topological polar surface area (TPSA) is 67.7 Å². The lowest BCUT2D eigenvalue weighted by Crippen LogP contribution is -2.12. The maximum atomic E-state index is 13.0. The highest BCUT2D eigenvalue weighted by Gasteiger charge is 2.37. The van der Waals surface area contributed by atoms with Gasteiger partial charge in [-0.2, -0.15) is 36.4 Å². The maximum Gasteiger partial charge on any atom is 0.416 e. The Bertz CT molecular complexity index is 1020. The molecule has 3 aromatic rings. The van der Waals surface area contributed by atoms with Crippen LogP contribution in [-0.2, 0) is 18.9 Å². The summed E-state index contributed by atoms with van der Waals surface area (Å²) in [5.41, 5.74) is -2.01. The third-order valence-electron chi connectivity index (χ3n) is 4.27. The van der Waals surface area contributed by atoms with E-state index >= 15 is 0 Å². The van der Waals surface area contributed by atoms with Crippen LogP contribution in [0, 0.1) is 0 Å². The summed E-state index contributed by atoms with van der Waals surface area (Å²) < 4.78 is 80.0. The van der Waals surface area contributed by atoms with Gasteiger partial charge in [0.25, 0.3) is 0 Å². The van der Waals surface area contributed by atoms with Gasteiger partial charge in [-0.1, -0.05) is 6.92 Å². The molecule has 0 bridgehead atoms. The van der Waals surface area contributed by atoms with Crippen LogP contribution in [0.4, 0.5) is 43.8 Å². The Labute approximate surface area is 173 Å². The highest BCUT2D eigenvalue weighted by molar-refractivity contribution is 5.74. The molecule has 0 radical (unpaired) electrons. The van der Waals surface area contributed by atoms with Crippen LogP contribution in [0.1, 0.15) is 24.5 Å². The third-order valence-corrected chi connectivity index (χ3v) is 4.27. The molecule has 2 N–H and O–H groups in total. The average Bonchev–Trinajstić information content (AvgIpc) is 3.15. The zero-order valence-electron chi connectivity index (χ0n) is 16.4. The molecule has 0 aliphatic heterocycles. The second-order valence-corrected chi connectivity index (χ2v) is 6.62. The van der Waals surface area contributed by atoms with Gasteiger partial charge in [0.1, 0.15) is 5.82 Å². The summed E-state index contributed by atoms with van der Waals surface area (Å²) in [5.74, 6) is 0.165. The number of nitrogens with one attached hydrogen (secondary N) is 2. The fourth-order valence-electron chi connectivity index (χ4n) is 2.85. The van der Waals surface area contributed by atoms with Crippen LogP contribution in [0.2, 0.25) is 0 Å². The van der Waals surface area contributed by atoms with Crippen molar-refractivity contribution in [2.45, 2.75) is 32.2 Å². The number of aromatic nitrogens is 4. The first-order valence-electron chi connectivity index (χ1n) is 9.15. The molecule has 2 heterocycles. The van der Waals surface area contributed by atoms with Crippen molar-refractivity contribution in [1.29, 1.82) is 0 Å². The molecule has 0 saturated carbocycles. The number of rotatable bonds is 6. The number of alkyl halides is 6. The molecule has 0 unspecified atom stereocenters. The van der Waals surface area contributed by atoms with E-state index in [9.17, 15) is 26.3 Å². The maximum absolute atomic E-state index is 13.0. The molecule has 0 fully saturated rings. The molecule has 1 aromatic carbocycles. The highest BCUT2D eigenvalue weighted by atomic mass is 19.4. The summed E-state index contributed by atoms with van der Waals surface area (Å²) in [6.07, 6.45) is -4.19. The van der Waals surface area contributed by atoms with E-state index in [1.165, 1.54) is 6.20 Å². The van der Waals surface area contributed by atoms with E-state index in [1.807, 2.05) is 6.92 Å². The summed E-state index contributed by atoms with van der Waals surface area (Å²) in [4.78, 5) is 8.21. The molecule has 0 aliphatic rings. The number of aryl methyl sites for hydroxylation is 1. The first-order chi connectivity index (χ1) is 14.5. The predicted molar refractivity (Wildman–Crippen MR) is 103 cm³/mol. The molecular formula is C19H18F6N6. The largest absolute Gasteiger partial charge is 0.416 e. The van der Waals surface area contributed by atoms with Gasteiger partial charge in [-0.05, 0) is 24.6 Å². The molecule has 0 aliphatic carbocycles. The predicted octanol–water partition coefficient (Wildman–Crippen LogP) is 5.57. The number of nitrogens with zero attached hydrogens (tertiary/aromatic N) is 4. The Hall–Kier alpha value is -3.31. The van der Waals surface area contributed by atoms with Crippen LogP contribution in [0.5, 0.6) is 0 Å². The molecule has 6 nitrogen and oxygen atoms in total. The highest BCUT2D eigenvalue weighted by Crippen LogP contribution is 2.38. The molecule has 2 aromatic heterocycles. The van der Waals surface area contributed by atoms with Gasteiger partial charge in [0.05, 0.1) is 17.3 Å². The van der Waals surface area contributed by atoms with Crippen molar-refractivity contribution in [3.05, 3.63) is 47.9 Å². The minimum atomic E-state index is -4.95. The quantitative estimate of drug-likeness (QED) is 0.487. The summed E-state index contributed by atoms with van der Waals surface area (Å²) in [6, 6.07) is 1.20. The Morgan fingerprint density at radius 1 is 0.968 bits per heavy atom. The summed E-state index contributed by atoms with van der Waals surface area (Å²) in [6.45, 7) is 2.72. The minimum Gasteiger partial charge on any atom is -0.372 e. The fraction of sp³-hybridized carbons (Fsp3) is 0.316. The van der Waals surface area contributed by atoms with E-state index in [4.69, 9.17) is 0 Å². The summed E-state index contributed by atoms with van der Waals surface area (Å²) in [7, 11) is 1.58. The van der Waals surface area contributed by atoms with Crippen LogP contribution in [-0.4, -0.2) is 26.8 Å². The van der Waals surface area contributed by atoms with Crippen molar-refractivity contribution in [1.82, 2.24) is 19.7 Å². The van der Waals surface area contributed by atoms with Gasteiger partial charge < -0.3 is 10.6 Å². The summed E-state index contributed by atoms with van der Waals surface area (Å²) in [5, 5.41) is 9.49. The van der Waals surface area contributed by atoms with Crippen molar-refractivity contribution < 1.29 is 26.3 Å². The Morgan fingerprint density at radius 2 is 1.61 bits per heavy atom. The van der Waals surface area contributed by atoms with Crippen LogP contribution in [0.15, 0.2) is 36.8 Å². The van der Waals surface area contributed by atoms with E-state index < -0.39 is 29.2 Å². The summed E-state index contributed by atoms with van der Waals surface area (Å²) >= 11 is 0. The molecule has 12 heteroatoms. The van der Waals surface area contributed by atoms with Crippen LogP contribution < -0.4 is 10.6 Å². The lowest BCUT2D eigenvalue weighted by Gasteiger charge is -2.15. The van der Waals surface area contributed by atoms with Crippen molar-refractivity contribution in [3.8, 4) is 11.1 Å². The third kappa shape index (κ3) is 5.25.